The highest BCUT2D eigenvalue weighted by atomic mass is 19.1. The number of halogens is 2. The molecule has 0 spiro atoms. The number of hydrogen-bond acceptors (Lipinski definition) is 4. The van der Waals surface area contributed by atoms with E-state index in [1.807, 2.05) is 36.2 Å². The van der Waals surface area contributed by atoms with E-state index in [1.165, 1.54) is 12.1 Å². The van der Waals surface area contributed by atoms with Crippen LogP contribution in [0.2, 0.25) is 0 Å². The van der Waals surface area contributed by atoms with Gasteiger partial charge in [0.2, 0.25) is 0 Å². The summed E-state index contributed by atoms with van der Waals surface area (Å²) in [6.07, 6.45) is 5.48. The van der Waals surface area contributed by atoms with Gasteiger partial charge < -0.3 is 10.2 Å². The van der Waals surface area contributed by atoms with Crippen LogP contribution in [0.25, 0.3) is 22.3 Å². The number of benzene rings is 2. The molecule has 1 N–H and O–H groups in total. The molecule has 0 amide bonds. The van der Waals surface area contributed by atoms with Gasteiger partial charge in [0, 0.05) is 49.7 Å². The highest BCUT2D eigenvalue weighted by Crippen LogP contribution is 2.30. The smallest absolute Gasteiger partial charge is 0.166 e. The normalized spacial score (nSPS) is 14.0. The summed E-state index contributed by atoms with van der Waals surface area (Å²) >= 11 is 0. The van der Waals surface area contributed by atoms with E-state index in [0.29, 0.717) is 12.4 Å². The van der Waals surface area contributed by atoms with Gasteiger partial charge in [-0.05, 0) is 53.4 Å². The Balaban J connectivity index is 1.41. The number of nitrogens with zero attached hydrogens (tertiary/aromatic N) is 4. The van der Waals surface area contributed by atoms with Crippen molar-refractivity contribution in [2.45, 2.75) is 13.5 Å². The number of aryl methyl sites for hydroxylation is 1. The third-order valence-corrected chi connectivity index (χ3v) is 5.85. The van der Waals surface area contributed by atoms with Gasteiger partial charge in [-0.2, -0.15) is 5.10 Å². The Morgan fingerprint density at radius 3 is 2.45 bits per heavy atom. The maximum absolute atomic E-state index is 14.9. The maximum atomic E-state index is 14.9. The van der Waals surface area contributed by atoms with Gasteiger partial charge >= 0.3 is 0 Å². The Bertz CT molecular complexity index is 1280. The molecule has 0 aliphatic carbocycles. The summed E-state index contributed by atoms with van der Waals surface area (Å²) in [4.78, 5) is 6.42. The van der Waals surface area contributed by atoms with Crippen LogP contribution in [0.4, 0.5) is 14.6 Å². The lowest BCUT2D eigenvalue weighted by Crippen LogP contribution is -2.44. The fourth-order valence-electron chi connectivity index (χ4n) is 4.24. The van der Waals surface area contributed by atoms with Crippen molar-refractivity contribution in [3.8, 4) is 22.3 Å². The number of rotatable bonds is 5. The number of hydrogen-bond donors (Lipinski definition) is 1. The molecule has 2 aromatic heterocycles. The molecule has 3 heterocycles. The second-order valence-corrected chi connectivity index (χ2v) is 8.41. The zero-order valence-electron chi connectivity index (χ0n) is 18.4. The van der Waals surface area contributed by atoms with Crippen molar-refractivity contribution in [1.29, 1.82) is 0 Å². The van der Waals surface area contributed by atoms with Crippen molar-refractivity contribution in [3.05, 3.63) is 89.9 Å². The molecule has 0 saturated carbocycles. The molecule has 5 nitrogen and oxygen atoms in total. The number of pyridine rings is 1. The van der Waals surface area contributed by atoms with Gasteiger partial charge in [0.25, 0.3) is 0 Å². The average molecular weight is 446 g/mol. The van der Waals surface area contributed by atoms with E-state index in [2.05, 4.69) is 21.5 Å². The van der Waals surface area contributed by atoms with Gasteiger partial charge in [-0.3, -0.25) is 4.68 Å². The molecule has 1 aliphatic rings. The second kappa shape index (κ2) is 9.11. The lowest BCUT2D eigenvalue weighted by molar-refractivity contribution is 0.559. The molecule has 33 heavy (non-hydrogen) atoms. The minimum absolute atomic E-state index is 0.257. The monoisotopic (exact) mass is 445 g/mol. The fourth-order valence-corrected chi connectivity index (χ4v) is 4.24. The highest BCUT2D eigenvalue weighted by Gasteiger charge is 2.17. The third kappa shape index (κ3) is 4.78. The predicted octanol–water partition coefficient (Wildman–Crippen LogP) is 4.66. The van der Waals surface area contributed by atoms with Gasteiger partial charge in [-0.15, -0.1) is 0 Å². The molecule has 1 fully saturated rings. The molecule has 2 aromatic carbocycles. The van der Waals surface area contributed by atoms with Gasteiger partial charge in [0.15, 0.2) is 11.6 Å². The van der Waals surface area contributed by atoms with Crippen molar-refractivity contribution in [2.75, 3.05) is 31.1 Å². The maximum Gasteiger partial charge on any atom is 0.166 e. The number of aromatic nitrogens is 3. The molecule has 0 unspecified atom stereocenters. The molecule has 0 bridgehead atoms. The zero-order chi connectivity index (χ0) is 22.8. The lowest BCUT2D eigenvalue weighted by Gasteiger charge is -2.28. The minimum Gasteiger partial charge on any atom is -0.352 e. The van der Waals surface area contributed by atoms with E-state index >= 15 is 0 Å². The molecule has 7 heteroatoms. The van der Waals surface area contributed by atoms with Crippen LogP contribution >= 0.6 is 0 Å². The van der Waals surface area contributed by atoms with Crippen LogP contribution in [-0.2, 0) is 6.54 Å². The average Bonchev–Trinajstić information content (AvgIpc) is 3.28. The van der Waals surface area contributed by atoms with Gasteiger partial charge in [-0.1, -0.05) is 24.3 Å². The van der Waals surface area contributed by atoms with E-state index in [1.54, 1.807) is 29.2 Å². The summed E-state index contributed by atoms with van der Waals surface area (Å²) in [6, 6.07) is 14.2. The molecular weight excluding hydrogens is 420 g/mol. The zero-order valence-corrected chi connectivity index (χ0v) is 18.4. The quantitative estimate of drug-likeness (QED) is 0.486. The van der Waals surface area contributed by atoms with Gasteiger partial charge in [-0.25, -0.2) is 13.8 Å². The summed E-state index contributed by atoms with van der Waals surface area (Å²) in [7, 11) is 0. The Hall–Kier alpha value is -3.58. The van der Waals surface area contributed by atoms with Gasteiger partial charge in [0.05, 0.1) is 12.7 Å². The minimum atomic E-state index is -0.305. The molecule has 168 valence electrons. The standard InChI is InChI=1S/C26H25F2N5/c1-18-9-20(22-13-25(28)26(30-14-22)32-7-5-29-6-8-32)12-21(10-18)23-15-31-33(17-23)16-19-3-2-4-24(27)11-19/h2-4,9-15,17,29H,5-8,16H2,1H3. The van der Waals surface area contributed by atoms with Crippen molar-refractivity contribution >= 4 is 5.82 Å². The molecule has 1 aliphatic heterocycles. The summed E-state index contributed by atoms with van der Waals surface area (Å²) in [5.74, 6) is -0.154. The third-order valence-electron chi connectivity index (χ3n) is 5.85. The number of nitrogens with one attached hydrogen (secondary N) is 1. The topological polar surface area (TPSA) is 46.0 Å². The summed E-state index contributed by atoms with van der Waals surface area (Å²) in [5.41, 5.74) is 5.49. The molecular formula is C26H25F2N5. The largest absolute Gasteiger partial charge is 0.352 e. The van der Waals surface area contributed by atoms with E-state index in [0.717, 1.165) is 59.6 Å². The van der Waals surface area contributed by atoms with E-state index in [4.69, 9.17) is 0 Å². The van der Waals surface area contributed by atoms with Crippen LogP contribution in [0, 0.1) is 18.6 Å². The Morgan fingerprint density at radius 1 is 0.909 bits per heavy atom. The first-order valence-electron chi connectivity index (χ1n) is 11.1. The molecule has 1 saturated heterocycles. The molecule has 4 aromatic rings. The van der Waals surface area contributed by atoms with E-state index < -0.39 is 0 Å². The van der Waals surface area contributed by atoms with Crippen LogP contribution in [-0.4, -0.2) is 40.9 Å². The Labute approximate surface area is 191 Å². The Kier molecular flexibility index (Phi) is 5.88. The highest BCUT2D eigenvalue weighted by molar-refractivity contribution is 5.73. The Morgan fingerprint density at radius 2 is 1.70 bits per heavy atom. The summed E-state index contributed by atoms with van der Waals surface area (Å²) < 4.78 is 30.2. The first-order chi connectivity index (χ1) is 16.0. The lowest BCUT2D eigenvalue weighted by atomic mass is 9.99. The fraction of sp³-hybridized carbons (Fsp3) is 0.231. The second-order valence-electron chi connectivity index (χ2n) is 8.41. The van der Waals surface area contributed by atoms with Crippen LogP contribution < -0.4 is 10.2 Å². The SMILES string of the molecule is Cc1cc(-c2cnc(N3CCNCC3)c(F)c2)cc(-c2cnn(Cc3cccc(F)c3)c2)c1. The van der Waals surface area contributed by atoms with E-state index in [9.17, 15) is 8.78 Å². The van der Waals surface area contributed by atoms with Crippen molar-refractivity contribution in [1.82, 2.24) is 20.1 Å². The summed E-state index contributed by atoms with van der Waals surface area (Å²) in [6.45, 7) is 5.66. The van der Waals surface area contributed by atoms with Crippen LogP contribution in [0.1, 0.15) is 11.1 Å². The van der Waals surface area contributed by atoms with Crippen LogP contribution in [0.5, 0.6) is 0 Å². The number of piperazine rings is 1. The van der Waals surface area contributed by atoms with Crippen molar-refractivity contribution in [3.63, 3.8) is 0 Å². The van der Waals surface area contributed by atoms with Crippen molar-refractivity contribution < 1.29 is 8.78 Å². The molecule has 0 radical (unpaired) electrons. The van der Waals surface area contributed by atoms with Crippen molar-refractivity contribution in [2.24, 2.45) is 0 Å². The van der Waals surface area contributed by atoms with Crippen LogP contribution in [0.3, 0.4) is 0 Å². The van der Waals surface area contributed by atoms with Crippen LogP contribution in [0.15, 0.2) is 67.1 Å². The summed E-state index contributed by atoms with van der Waals surface area (Å²) in [5, 5.41) is 7.71. The predicted molar refractivity (Wildman–Crippen MR) is 126 cm³/mol. The molecule has 5 rings (SSSR count). The van der Waals surface area contributed by atoms with E-state index in [-0.39, 0.29) is 11.6 Å². The van der Waals surface area contributed by atoms with Gasteiger partial charge in [0.1, 0.15) is 5.82 Å². The first kappa shape index (κ1) is 21.3. The number of anilines is 1. The molecule has 0 atom stereocenters. The first-order valence-corrected chi connectivity index (χ1v) is 11.1.